The first-order valence-electron chi connectivity index (χ1n) is 6.31. The Labute approximate surface area is 110 Å². The Hall–Kier alpha value is -1.49. The Morgan fingerprint density at radius 3 is 2.32 bits per heavy atom. The van der Waals surface area contributed by atoms with E-state index in [1.54, 1.807) is 6.92 Å². The number of carboxylic acids is 1. The van der Waals surface area contributed by atoms with E-state index in [1.165, 1.54) is 18.2 Å². The Kier molecular flexibility index (Phi) is 3.85. The summed E-state index contributed by atoms with van der Waals surface area (Å²) >= 11 is 0. The van der Waals surface area contributed by atoms with E-state index < -0.39 is 23.0 Å². The van der Waals surface area contributed by atoms with E-state index in [4.69, 9.17) is 5.11 Å². The third kappa shape index (κ3) is 2.92. The highest BCUT2D eigenvalue weighted by molar-refractivity contribution is 5.74. The molecule has 1 aliphatic heterocycles. The molecule has 0 saturated carbocycles. The van der Waals surface area contributed by atoms with Crippen LogP contribution in [-0.4, -0.2) is 29.1 Å². The number of piperidine rings is 1. The first kappa shape index (κ1) is 13.9. The molecule has 1 aliphatic rings. The second-order valence-electron chi connectivity index (χ2n) is 5.34. The fourth-order valence-electron chi connectivity index (χ4n) is 2.33. The molecular formula is C14H17F2NO2. The van der Waals surface area contributed by atoms with E-state index in [-0.39, 0.29) is 12.1 Å². The van der Waals surface area contributed by atoms with Crippen molar-refractivity contribution in [2.75, 3.05) is 13.1 Å². The summed E-state index contributed by atoms with van der Waals surface area (Å²) in [7, 11) is 0. The maximum atomic E-state index is 13.5. The first-order chi connectivity index (χ1) is 8.92. The third-order valence-electron chi connectivity index (χ3n) is 3.92. The Morgan fingerprint density at radius 2 is 1.84 bits per heavy atom. The van der Waals surface area contributed by atoms with Gasteiger partial charge in [-0.3, -0.25) is 9.69 Å². The number of hydrogen-bond donors (Lipinski definition) is 1. The van der Waals surface area contributed by atoms with E-state index in [9.17, 15) is 13.6 Å². The molecule has 1 fully saturated rings. The highest BCUT2D eigenvalue weighted by atomic mass is 19.1. The van der Waals surface area contributed by atoms with Crippen LogP contribution in [0.4, 0.5) is 8.78 Å². The number of likely N-dealkylation sites (tertiary alicyclic amines) is 1. The number of carboxylic acid groups (broad SMARTS) is 1. The first-order valence-corrected chi connectivity index (χ1v) is 6.31. The lowest BCUT2D eigenvalue weighted by atomic mass is 9.80. The number of nitrogens with zero attached hydrogens (tertiary/aromatic N) is 1. The standard InChI is InChI=1S/C14H17F2NO2/c1-14(13(18)19)5-7-17(8-6-14)9-10-11(15)3-2-4-12(10)16/h2-4H,5-9H2,1H3,(H,18,19). The van der Waals surface area contributed by atoms with Gasteiger partial charge in [0, 0.05) is 12.1 Å². The number of hydrogen-bond acceptors (Lipinski definition) is 2. The van der Waals surface area contributed by atoms with Gasteiger partial charge in [-0.2, -0.15) is 0 Å². The molecule has 0 amide bonds. The molecule has 2 rings (SSSR count). The van der Waals surface area contributed by atoms with Gasteiger partial charge < -0.3 is 5.11 Å². The topological polar surface area (TPSA) is 40.5 Å². The van der Waals surface area contributed by atoms with Crippen molar-refractivity contribution in [3.05, 3.63) is 35.4 Å². The molecule has 0 aromatic heterocycles. The molecule has 5 heteroatoms. The van der Waals surface area contributed by atoms with Crippen LogP contribution in [0, 0.1) is 17.0 Å². The predicted octanol–water partition coefficient (Wildman–Crippen LogP) is 2.65. The van der Waals surface area contributed by atoms with E-state index in [0.717, 1.165) is 0 Å². The summed E-state index contributed by atoms with van der Waals surface area (Å²) in [5.74, 6) is -1.90. The van der Waals surface area contributed by atoms with E-state index in [0.29, 0.717) is 25.9 Å². The quantitative estimate of drug-likeness (QED) is 0.917. The van der Waals surface area contributed by atoms with Gasteiger partial charge in [0.25, 0.3) is 0 Å². The lowest BCUT2D eigenvalue weighted by Gasteiger charge is -2.36. The average molecular weight is 269 g/mol. The minimum absolute atomic E-state index is 0.0569. The number of rotatable bonds is 3. The lowest BCUT2D eigenvalue weighted by Crippen LogP contribution is -2.42. The fourth-order valence-corrected chi connectivity index (χ4v) is 2.33. The van der Waals surface area contributed by atoms with Crippen molar-refractivity contribution in [1.29, 1.82) is 0 Å². The molecule has 1 heterocycles. The van der Waals surface area contributed by atoms with Crippen LogP contribution < -0.4 is 0 Å². The fraction of sp³-hybridized carbons (Fsp3) is 0.500. The monoisotopic (exact) mass is 269 g/mol. The SMILES string of the molecule is CC1(C(=O)O)CCN(Cc2c(F)cccc2F)CC1. The predicted molar refractivity (Wildman–Crippen MR) is 66.6 cm³/mol. The third-order valence-corrected chi connectivity index (χ3v) is 3.92. The van der Waals surface area contributed by atoms with Gasteiger partial charge in [0.2, 0.25) is 0 Å². The lowest BCUT2D eigenvalue weighted by molar-refractivity contribution is -0.150. The highest BCUT2D eigenvalue weighted by Gasteiger charge is 2.36. The van der Waals surface area contributed by atoms with Gasteiger partial charge in [-0.15, -0.1) is 0 Å². The van der Waals surface area contributed by atoms with Crippen molar-refractivity contribution in [3.8, 4) is 0 Å². The Morgan fingerprint density at radius 1 is 1.32 bits per heavy atom. The molecule has 3 nitrogen and oxygen atoms in total. The zero-order valence-electron chi connectivity index (χ0n) is 10.8. The number of carbonyl (C=O) groups is 1. The van der Waals surface area contributed by atoms with Crippen molar-refractivity contribution in [2.24, 2.45) is 5.41 Å². The van der Waals surface area contributed by atoms with Crippen molar-refractivity contribution in [1.82, 2.24) is 4.90 Å². The maximum Gasteiger partial charge on any atom is 0.309 e. The zero-order chi connectivity index (χ0) is 14.0. The van der Waals surface area contributed by atoms with Crippen molar-refractivity contribution >= 4 is 5.97 Å². The maximum absolute atomic E-state index is 13.5. The normalized spacial score (nSPS) is 19.3. The van der Waals surface area contributed by atoms with Gasteiger partial charge in [-0.1, -0.05) is 6.07 Å². The summed E-state index contributed by atoms with van der Waals surface area (Å²) in [6.45, 7) is 2.98. The Balaban J connectivity index is 2.02. The van der Waals surface area contributed by atoms with Crippen molar-refractivity contribution in [3.63, 3.8) is 0 Å². The van der Waals surface area contributed by atoms with E-state index in [1.807, 2.05) is 4.90 Å². The molecule has 0 spiro atoms. The van der Waals surface area contributed by atoms with Crippen LogP contribution in [0.25, 0.3) is 0 Å². The molecule has 0 atom stereocenters. The summed E-state index contributed by atoms with van der Waals surface area (Å²) in [4.78, 5) is 13.0. The number of benzene rings is 1. The van der Waals surface area contributed by atoms with E-state index >= 15 is 0 Å². The molecule has 104 valence electrons. The minimum atomic E-state index is -0.802. The van der Waals surface area contributed by atoms with Crippen LogP contribution in [-0.2, 0) is 11.3 Å². The summed E-state index contributed by atoms with van der Waals surface area (Å²) in [5.41, 5.74) is -0.661. The number of aliphatic carboxylic acids is 1. The van der Waals surface area contributed by atoms with Gasteiger partial charge in [0.15, 0.2) is 0 Å². The summed E-state index contributed by atoms with van der Waals surface area (Å²) in [6.07, 6.45) is 0.997. The van der Waals surface area contributed by atoms with Crippen LogP contribution in [0.15, 0.2) is 18.2 Å². The van der Waals surface area contributed by atoms with Crippen LogP contribution in [0.5, 0.6) is 0 Å². The molecule has 19 heavy (non-hydrogen) atoms. The molecule has 1 aromatic rings. The molecule has 0 radical (unpaired) electrons. The molecular weight excluding hydrogens is 252 g/mol. The van der Waals surface area contributed by atoms with Gasteiger partial charge in [0.05, 0.1) is 5.41 Å². The summed E-state index contributed by atoms with van der Waals surface area (Å²) in [5, 5.41) is 9.12. The zero-order valence-corrected chi connectivity index (χ0v) is 10.8. The van der Waals surface area contributed by atoms with Crippen LogP contribution in [0.3, 0.4) is 0 Å². The van der Waals surface area contributed by atoms with Crippen LogP contribution >= 0.6 is 0 Å². The van der Waals surface area contributed by atoms with Gasteiger partial charge in [-0.25, -0.2) is 8.78 Å². The van der Waals surface area contributed by atoms with Gasteiger partial charge in [-0.05, 0) is 45.0 Å². The summed E-state index contributed by atoms with van der Waals surface area (Å²) in [6, 6.07) is 3.82. The molecule has 0 unspecified atom stereocenters. The van der Waals surface area contributed by atoms with Crippen molar-refractivity contribution < 1.29 is 18.7 Å². The second kappa shape index (κ2) is 5.25. The van der Waals surface area contributed by atoms with E-state index in [2.05, 4.69) is 0 Å². The average Bonchev–Trinajstić information content (AvgIpc) is 2.36. The molecule has 0 bridgehead atoms. The molecule has 1 saturated heterocycles. The highest BCUT2D eigenvalue weighted by Crippen LogP contribution is 2.31. The van der Waals surface area contributed by atoms with Crippen molar-refractivity contribution in [2.45, 2.75) is 26.3 Å². The largest absolute Gasteiger partial charge is 0.481 e. The molecule has 1 N–H and O–H groups in total. The van der Waals surface area contributed by atoms with Gasteiger partial charge >= 0.3 is 5.97 Å². The molecule has 0 aliphatic carbocycles. The summed E-state index contributed by atoms with van der Waals surface area (Å²) < 4.78 is 27.0. The second-order valence-corrected chi connectivity index (χ2v) is 5.34. The van der Waals surface area contributed by atoms with Crippen LogP contribution in [0.1, 0.15) is 25.3 Å². The van der Waals surface area contributed by atoms with Gasteiger partial charge in [0.1, 0.15) is 11.6 Å². The Bertz CT molecular complexity index is 462. The number of halogens is 2. The smallest absolute Gasteiger partial charge is 0.309 e. The van der Waals surface area contributed by atoms with Crippen LogP contribution in [0.2, 0.25) is 0 Å². The minimum Gasteiger partial charge on any atom is -0.481 e. The molecule has 1 aromatic carbocycles.